The molecule has 82 heavy (non-hydrogen) atoms. The van der Waals surface area contributed by atoms with Crippen LogP contribution < -0.4 is 0 Å². The SMILES string of the molecule is c1ccc(-c2cc(-c3ccccc3)nc(-c3cc(-c4ccccc4-n4c5ccccc5c5ccccc54)c(-n4c5ccccc5c5cc6c(cc54)[nH]c4ccccc46)c(-c4ccccc4-n4c5ccccc5c5ccccc54)c3)n2)cc1. The maximum absolute atomic E-state index is 5.59. The Balaban J connectivity index is 1.07. The van der Waals surface area contributed by atoms with Crippen LogP contribution in [0.4, 0.5) is 0 Å². The van der Waals surface area contributed by atoms with Crippen LogP contribution >= 0.6 is 0 Å². The number of fused-ring (bicyclic) bond motifs is 12. The lowest BCUT2D eigenvalue weighted by atomic mass is 9.90. The van der Waals surface area contributed by atoms with Crippen molar-refractivity contribution >= 4 is 87.2 Å². The van der Waals surface area contributed by atoms with Crippen LogP contribution in [0.3, 0.4) is 0 Å². The second kappa shape index (κ2) is 18.2. The van der Waals surface area contributed by atoms with Gasteiger partial charge in [0, 0.05) is 93.1 Å². The van der Waals surface area contributed by atoms with E-state index in [0.29, 0.717) is 5.82 Å². The number of aromatic amines is 1. The molecule has 0 unspecified atom stereocenters. The molecule has 0 aliphatic carbocycles. The van der Waals surface area contributed by atoms with Gasteiger partial charge in [0.1, 0.15) is 0 Å². The van der Waals surface area contributed by atoms with Crippen molar-refractivity contribution in [3.63, 3.8) is 0 Å². The summed E-state index contributed by atoms with van der Waals surface area (Å²) < 4.78 is 7.47. The van der Waals surface area contributed by atoms with E-state index in [1.807, 2.05) is 0 Å². The Labute approximate surface area is 471 Å². The first-order valence-corrected chi connectivity index (χ1v) is 28.0. The molecule has 0 saturated heterocycles. The van der Waals surface area contributed by atoms with Crippen LogP contribution in [-0.2, 0) is 0 Å². The molecule has 0 aliphatic rings. The van der Waals surface area contributed by atoms with Gasteiger partial charge in [-0.05, 0) is 78.9 Å². The third-order valence-electron chi connectivity index (χ3n) is 16.8. The molecule has 12 aromatic carbocycles. The summed E-state index contributed by atoms with van der Waals surface area (Å²) in [5.74, 6) is 0.625. The van der Waals surface area contributed by atoms with Gasteiger partial charge in [0.05, 0.1) is 61.6 Å². The van der Waals surface area contributed by atoms with E-state index < -0.39 is 0 Å². The minimum absolute atomic E-state index is 0.625. The molecule has 6 nitrogen and oxygen atoms in total. The molecular weight excluding hydrogens is 997 g/mol. The molecule has 0 aliphatic heterocycles. The molecule has 0 radical (unpaired) electrons. The lowest BCUT2D eigenvalue weighted by Crippen LogP contribution is -2.06. The molecule has 382 valence electrons. The molecule has 0 amide bonds. The highest BCUT2D eigenvalue weighted by Gasteiger charge is 2.28. The summed E-state index contributed by atoms with van der Waals surface area (Å²) in [6.45, 7) is 0. The topological polar surface area (TPSA) is 56.4 Å². The molecule has 0 atom stereocenters. The molecule has 1 N–H and O–H groups in total. The van der Waals surface area contributed by atoms with Crippen molar-refractivity contribution in [3.8, 4) is 73.2 Å². The van der Waals surface area contributed by atoms with Gasteiger partial charge in [-0.1, -0.05) is 206 Å². The Morgan fingerprint density at radius 3 is 1.12 bits per heavy atom. The third-order valence-corrected chi connectivity index (χ3v) is 16.8. The van der Waals surface area contributed by atoms with E-state index in [4.69, 9.17) is 9.97 Å². The third kappa shape index (κ3) is 7.01. The summed E-state index contributed by atoms with van der Waals surface area (Å²) in [4.78, 5) is 15.0. The van der Waals surface area contributed by atoms with Crippen LogP contribution in [0.1, 0.15) is 0 Å². The summed E-state index contributed by atoms with van der Waals surface area (Å²) in [5, 5.41) is 9.54. The maximum Gasteiger partial charge on any atom is 0.160 e. The summed E-state index contributed by atoms with van der Waals surface area (Å²) in [6.07, 6.45) is 0. The second-order valence-electron chi connectivity index (χ2n) is 21.3. The van der Waals surface area contributed by atoms with E-state index in [2.05, 4.69) is 304 Å². The minimum Gasteiger partial charge on any atom is -0.354 e. The molecule has 0 spiro atoms. The fourth-order valence-electron chi connectivity index (χ4n) is 13.2. The van der Waals surface area contributed by atoms with Crippen molar-refractivity contribution in [1.29, 1.82) is 0 Å². The largest absolute Gasteiger partial charge is 0.354 e. The number of aromatic nitrogens is 6. The Morgan fingerprint density at radius 1 is 0.244 bits per heavy atom. The van der Waals surface area contributed by atoms with Crippen LogP contribution in [0, 0.1) is 0 Å². The summed E-state index contributed by atoms with van der Waals surface area (Å²) in [6, 6.07) is 103. The Hall–Kier alpha value is -11.1. The van der Waals surface area contributed by atoms with Crippen molar-refractivity contribution in [3.05, 3.63) is 285 Å². The van der Waals surface area contributed by atoms with Crippen molar-refractivity contribution in [2.45, 2.75) is 0 Å². The normalized spacial score (nSPS) is 11.9. The average Bonchev–Trinajstić information content (AvgIpc) is 3.14. The summed E-state index contributed by atoms with van der Waals surface area (Å²) >= 11 is 0. The van der Waals surface area contributed by atoms with E-state index in [9.17, 15) is 0 Å². The fraction of sp³-hybridized carbons (Fsp3) is 0. The molecule has 0 saturated carbocycles. The van der Waals surface area contributed by atoms with E-state index in [1.165, 1.54) is 43.1 Å². The van der Waals surface area contributed by atoms with E-state index in [1.54, 1.807) is 0 Å². The Bertz CT molecular complexity index is 5060. The van der Waals surface area contributed by atoms with Crippen molar-refractivity contribution in [2.75, 3.05) is 0 Å². The predicted octanol–water partition coefficient (Wildman–Crippen LogP) is 19.7. The van der Waals surface area contributed by atoms with Crippen LogP contribution in [0.15, 0.2) is 285 Å². The van der Waals surface area contributed by atoms with Crippen LogP contribution in [-0.4, -0.2) is 28.7 Å². The number of benzene rings is 12. The molecular formula is C76H48N6. The van der Waals surface area contributed by atoms with E-state index in [0.717, 1.165) is 112 Å². The van der Waals surface area contributed by atoms with Gasteiger partial charge in [-0.25, -0.2) is 9.97 Å². The smallest absolute Gasteiger partial charge is 0.160 e. The molecule has 0 bridgehead atoms. The van der Waals surface area contributed by atoms with Gasteiger partial charge in [0.25, 0.3) is 0 Å². The predicted molar refractivity (Wildman–Crippen MR) is 342 cm³/mol. The number of nitrogens with zero attached hydrogens (tertiary/aromatic N) is 5. The first-order valence-electron chi connectivity index (χ1n) is 28.0. The number of nitrogens with one attached hydrogen (secondary N) is 1. The van der Waals surface area contributed by atoms with Crippen LogP contribution in [0.2, 0.25) is 0 Å². The first-order chi connectivity index (χ1) is 40.7. The molecule has 6 heteroatoms. The molecule has 0 fully saturated rings. The van der Waals surface area contributed by atoms with Crippen molar-refractivity contribution in [1.82, 2.24) is 28.7 Å². The molecule has 5 heterocycles. The lowest BCUT2D eigenvalue weighted by Gasteiger charge is -2.24. The zero-order valence-corrected chi connectivity index (χ0v) is 44.4. The van der Waals surface area contributed by atoms with Gasteiger partial charge < -0.3 is 18.7 Å². The number of rotatable bonds is 8. The standard InChI is InChI=1S/C76H48N6/c1-3-23-48(24-4-1)64-46-65(49-25-5-2-6-26-49)79-76(78-64)50-43-61(57-33-13-20-40-71(57)80-67-36-16-8-28-52(67)53-29-9-17-37-68(53)80)75(82-73-42-22-12-32-56(73)60-45-59-51-27-7-15-35-63(51)77-66(59)47-74(60)82)62(44-50)58-34-14-21-41-72(58)81-69-38-18-10-30-54(69)55-31-11-19-39-70(55)81/h1-47,77H. The number of hydrogen-bond acceptors (Lipinski definition) is 2. The van der Waals surface area contributed by atoms with Crippen molar-refractivity contribution < 1.29 is 0 Å². The second-order valence-corrected chi connectivity index (χ2v) is 21.3. The van der Waals surface area contributed by atoms with Gasteiger partial charge in [0.15, 0.2) is 5.82 Å². The highest BCUT2D eigenvalue weighted by Crippen LogP contribution is 2.49. The monoisotopic (exact) mass is 1040 g/mol. The van der Waals surface area contributed by atoms with E-state index in [-0.39, 0.29) is 0 Å². The molecule has 17 rings (SSSR count). The quantitative estimate of drug-likeness (QED) is 0.165. The lowest BCUT2D eigenvalue weighted by molar-refractivity contribution is 1.15. The zero-order chi connectivity index (χ0) is 53.8. The number of para-hydroxylation sites is 8. The van der Waals surface area contributed by atoms with Gasteiger partial charge in [-0.2, -0.15) is 0 Å². The van der Waals surface area contributed by atoms with Crippen LogP contribution in [0.25, 0.3) is 160 Å². The average molecular weight is 1050 g/mol. The minimum atomic E-state index is 0.625. The summed E-state index contributed by atoms with van der Waals surface area (Å²) in [7, 11) is 0. The highest BCUT2D eigenvalue weighted by molar-refractivity contribution is 6.19. The fourth-order valence-corrected chi connectivity index (χ4v) is 13.2. The van der Waals surface area contributed by atoms with Gasteiger partial charge in [0.2, 0.25) is 0 Å². The maximum atomic E-state index is 5.59. The number of H-pyrrole nitrogens is 1. The van der Waals surface area contributed by atoms with Gasteiger partial charge in [-0.15, -0.1) is 0 Å². The Kier molecular flexibility index (Phi) is 10.2. The van der Waals surface area contributed by atoms with Crippen LogP contribution in [0.5, 0.6) is 0 Å². The Morgan fingerprint density at radius 2 is 0.634 bits per heavy atom. The zero-order valence-electron chi connectivity index (χ0n) is 44.4. The van der Waals surface area contributed by atoms with Gasteiger partial charge in [-0.3, -0.25) is 0 Å². The highest BCUT2D eigenvalue weighted by atomic mass is 15.0. The molecule has 17 aromatic rings. The van der Waals surface area contributed by atoms with E-state index >= 15 is 0 Å². The molecule has 5 aromatic heterocycles. The summed E-state index contributed by atoms with van der Waals surface area (Å²) in [5.41, 5.74) is 20.8. The first kappa shape index (κ1) is 45.9. The number of hydrogen-bond donors (Lipinski definition) is 1. The van der Waals surface area contributed by atoms with Gasteiger partial charge >= 0.3 is 0 Å². The van der Waals surface area contributed by atoms with Crippen molar-refractivity contribution in [2.24, 2.45) is 0 Å².